The third kappa shape index (κ3) is 6.38. The van der Waals surface area contributed by atoms with E-state index in [1.807, 2.05) is 36.4 Å². The Balaban J connectivity index is 1.59. The van der Waals surface area contributed by atoms with E-state index in [1.165, 1.54) is 0 Å². The first kappa shape index (κ1) is 17.4. The van der Waals surface area contributed by atoms with Crippen molar-refractivity contribution >= 4 is 29.2 Å². The predicted molar refractivity (Wildman–Crippen MR) is 93.3 cm³/mol. The van der Waals surface area contributed by atoms with E-state index in [0.717, 1.165) is 5.56 Å². The zero-order valence-electron chi connectivity index (χ0n) is 12.5. The number of carbonyl (C=O) groups excluding carboxylic acids is 1. The summed E-state index contributed by atoms with van der Waals surface area (Å²) in [5, 5.41) is 6.78. The van der Waals surface area contributed by atoms with E-state index in [-0.39, 0.29) is 6.03 Å². The van der Waals surface area contributed by atoms with Crippen molar-refractivity contribution in [1.29, 1.82) is 0 Å². The van der Waals surface area contributed by atoms with Crippen molar-refractivity contribution in [3.8, 4) is 5.75 Å². The van der Waals surface area contributed by atoms with Gasteiger partial charge >= 0.3 is 6.03 Å². The summed E-state index contributed by atoms with van der Waals surface area (Å²) >= 11 is 11.9. The summed E-state index contributed by atoms with van der Waals surface area (Å²) in [5.74, 6) is 0.652. The van der Waals surface area contributed by atoms with Gasteiger partial charge in [-0.3, -0.25) is 0 Å². The van der Waals surface area contributed by atoms with E-state index in [2.05, 4.69) is 10.6 Å². The van der Waals surface area contributed by atoms with Crippen LogP contribution >= 0.6 is 23.2 Å². The Hall–Kier alpha value is -1.91. The summed E-state index contributed by atoms with van der Waals surface area (Å²) in [7, 11) is 0. The van der Waals surface area contributed by atoms with Crippen LogP contribution in [-0.4, -0.2) is 19.2 Å². The third-order valence-corrected chi connectivity index (χ3v) is 3.59. The van der Waals surface area contributed by atoms with Gasteiger partial charge in [-0.1, -0.05) is 47.5 Å². The van der Waals surface area contributed by atoms with Crippen LogP contribution in [0.4, 0.5) is 4.79 Å². The second-order valence-corrected chi connectivity index (χ2v) is 5.72. The molecule has 2 N–H and O–H groups in total. The Kier molecular flexibility index (Phi) is 7.04. The first-order valence-electron chi connectivity index (χ1n) is 7.28. The number of ether oxygens (including phenoxy) is 1. The molecule has 2 aromatic carbocycles. The van der Waals surface area contributed by atoms with Gasteiger partial charge in [-0.25, -0.2) is 4.79 Å². The predicted octanol–water partition coefficient (Wildman–Crippen LogP) is 4.26. The SMILES string of the molecule is O=C(NCCCOc1ccccc1Cl)NCc1cccc(Cl)c1. The molecule has 0 spiro atoms. The fourth-order valence-electron chi connectivity index (χ4n) is 1.91. The van der Waals surface area contributed by atoms with Crippen LogP contribution in [0.3, 0.4) is 0 Å². The van der Waals surface area contributed by atoms with Gasteiger partial charge in [0.05, 0.1) is 11.6 Å². The summed E-state index contributed by atoms with van der Waals surface area (Å²) in [5.41, 5.74) is 0.953. The molecule has 0 saturated heterocycles. The lowest BCUT2D eigenvalue weighted by molar-refractivity contribution is 0.238. The van der Waals surface area contributed by atoms with Gasteiger partial charge in [0.25, 0.3) is 0 Å². The highest BCUT2D eigenvalue weighted by molar-refractivity contribution is 6.32. The molecule has 6 heteroatoms. The monoisotopic (exact) mass is 352 g/mol. The molecule has 2 rings (SSSR count). The third-order valence-electron chi connectivity index (χ3n) is 3.04. The number of benzene rings is 2. The van der Waals surface area contributed by atoms with E-state index in [4.69, 9.17) is 27.9 Å². The van der Waals surface area contributed by atoms with Gasteiger partial charge < -0.3 is 15.4 Å². The topological polar surface area (TPSA) is 50.4 Å². The van der Waals surface area contributed by atoms with E-state index < -0.39 is 0 Å². The lowest BCUT2D eigenvalue weighted by atomic mass is 10.2. The van der Waals surface area contributed by atoms with Crippen LogP contribution in [0, 0.1) is 0 Å². The lowest BCUT2D eigenvalue weighted by Crippen LogP contribution is -2.36. The van der Waals surface area contributed by atoms with Crippen molar-refractivity contribution in [3.05, 3.63) is 64.1 Å². The number of nitrogens with one attached hydrogen (secondary N) is 2. The van der Waals surface area contributed by atoms with Gasteiger partial charge in [0.1, 0.15) is 5.75 Å². The Bertz CT molecular complexity index is 650. The van der Waals surface area contributed by atoms with Crippen molar-refractivity contribution < 1.29 is 9.53 Å². The zero-order valence-corrected chi connectivity index (χ0v) is 14.0. The summed E-state index contributed by atoms with van der Waals surface area (Å²) in [6.07, 6.45) is 0.690. The van der Waals surface area contributed by atoms with Gasteiger partial charge in [0.15, 0.2) is 0 Å². The molecule has 4 nitrogen and oxygen atoms in total. The molecule has 0 bridgehead atoms. The molecule has 0 aliphatic carbocycles. The maximum Gasteiger partial charge on any atom is 0.315 e. The van der Waals surface area contributed by atoms with Gasteiger partial charge in [0.2, 0.25) is 0 Å². The highest BCUT2D eigenvalue weighted by Gasteiger charge is 2.02. The normalized spacial score (nSPS) is 10.2. The number of rotatable bonds is 7. The molecule has 0 aliphatic heterocycles. The molecule has 0 radical (unpaired) electrons. The quantitative estimate of drug-likeness (QED) is 0.731. The van der Waals surface area contributed by atoms with Crippen LogP contribution in [0.2, 0.25) is 10.0 Å². The summed E-state index contributed by atoms with van der Waals surface area (Å²) < 4.78 is 5.54. The smallest absolute Gasteiger partial charge is 0.315 e. The molecule has 2 amide bonds. The van der Waals surface area contributed by atoms with Crippen LogP contribution in [-0.2, 0) is 6.54 Å². The number of para-hydroxylation sites is 1. The standard InChI is InChI=1S/C17H18Cl2N2O2/c18-14-6-3-5-13(11-14)12-21-17(22)20-9-4-10-23-16-8-2-1-7-15(16)19/h1-3,5-8,11H,4,9-10,12H2,(H2,20,21,22). The summed E-state index contributed by atoms with van der Waals surface area (Å²) in [4.78, 5) is 11.7. The van der Waals surface area contributed by atoms with Gasteiger partial charge in [-0.15, -0.1) is 0 Å². The molecule has 0 fully saturated rings. The van der Waals surface area contributed by atoms with Crippen molar-refractivity contribution in [2.24, 2.45) is 0 Å². The number of hydrogen-bond acceptors (Lipinski definition) is 2. The average molecular weight is 353 g/mol. The zero-order chi connectivity index (χ0) is 16.5. The average Bonchev–Trinajstić information content (AvgIpc) is 2.54. The summed E-state index contributed by atoms with van der Waals surface area (Å²) in [6.45, 7) is 1.44. The molecule has 0 saturated carbocycles. The minimum Gasteiger partial charge on any atom is -0.492 e. The van der Waals surface area contributed by atoms with Crippen LogP contribution in [0.1, 0.15) is 12.0 Å². The first-order chi connectivity index (χ1) is 11.1. The highest BCUT2D eigenvalue weighted by atomic mass is 35.5. The van der Waals surface area contributed by atoms with Crippen LogP contribution in [0.15, 0.2) is 48.5 Å². The minimum atomic E-state index is -0.220. The van der Waals surface area contributed by atoms with Crippen LogP contribution in [0.25, 0.3) is 0 Å². The molecule has 0 atom stereocenters. The molecule has 0 aliphatic rings. The number of carbonyl (C=O) groups is 1. The van der Waals surface area contributed by atoms with Crippen LogP contribution in [0.5, 0.6) is 5.75 Å². The van der Waals surface area contributed by atoms with Gasteiger partial charge in [-0.05, 0) is 36.2 Å². The largest absolute Gasteiger partial charge is 0.492 e. The molecule has 0 heterocycles. The van der Waals surface area contributed by atoms with E-state index in [9.17, 15) is 4.79 Å². The number of halogens is 2. The van der Waals surface area contributed by atoms with Crippen molar-refractivity contribution in [3.63, 3.8) is 0 Å². The number of amides is 2. The van der Waals surface area contributed by atoms with Crippen molar-refractivity contribution in [1.82, 2.24) is 10.6 Å². The number of urea groups is 1. The maximum atomic E-state index is 11.7. The molecule has 23 heavy (non-hydrogen) atoms. The second kappa shape index (κ2) is 9.28. The van der Waals surface area contributed by atoms with Crippen LogP contribution < -0.4 is 15.4 Å². The Morgan fingerprint density at radius 3 is 2.65 bits per heavy atom. The molecule has 0 aromatic heterocycles. The van der Waals surface area contributed by atoms with Crippen molar-refractivity contribution in [2.75, 3.05) is 13.2 Å². The summed E-state index contributed by atoms with van der Waals surface area (Å²) in [6, 6.07) is 14.5. The van der Waals surface area contributed by atoms with Crippen molar-refractivity contribution in [2.45, 2.75) is 13.0 Å². The van der Waals surface area contributed by atoms with E-state index in [1.54, 1.807) is 12.1 Å². The minimum absolute atomic E-state index is 0.220. The Morgan fingerprint density at radius 1 is 1.04 bits per heavy atom. The Labute approximate surface area is 145 Å². The highest BCUT2D eigenvalue weighted by Crippen LogP contribution is 2.22. The molecular weight excluding hydrogens is 335 g/mol. The van der Waals surface area contributed by atoms with E-state index in [0.29, 0.717) is 41.9 Å². The van der Waals surface area contributed by atoms with Gasteiger partial charge in [0, 0.05) is 18.1 Å². The lowest BCUT2D eigenvalue weighted by Gasteiger charge is -2.09. The molecule has 0 unspecified atom stereocenters. The fourth-order valence-corrected chi connectivity index (χ4v) is 2.31. The maximum absolute atomic E-state index is 11.7. The fraction of sp³-hybridized carbons (Fsp3) is 0.235. The molecule has 2 aromatic rings. The first-order valence-corrected chi connectivity index (χ1v) is 8.04. The number of hydrogen-bond donors (Lipinski definition) is 2. The van der Waals surface area contributed by atoms with E-state index >= 15 is 0 Å². The second-order valence-electron chi connectivity index (χ2n) is 4.87. The Morgan fingerprint density at radius 2 is 1.87 bits per heavy atom. The molecule has 122 valence electrons. The van der Waals surface area contributed by atoms with Gasteiger partial charge in [-0.2, -0.15) is 0 Å². The molecular formula is C17H18Cl2N2O2.